The molecule has 0 aliphatic carbocycles. The van der Waals surface area contributed by atoms with Gasteiger partial charge in [0.25, 0.3) is 0 Å². The van der Waals surface area contributed by atoms with Crippen LogP contribution < -0.4 is 21.5 Å². The fraction of sp³-hybridized carbons (Fsp3) is 0.0400. The van der Waals surface area contributed by atoms with Gasteiger partial charge < -0.3 is 17.0 Å². The van der Waals surface area contributed by atoms with Crippen LogP contribution in [0.3, 0.4) is 0 Å². The van der Waals surface area contributed by atoms with Crippen LogP contribution >= 0.6 is 0 Å². The molecule has 0 bridgehead atoms. The zero-order chi connectivity index (χ0) is 18.2. The minimum Gasteiger partial charge on any atom is -1.00 e. The number of ketones is 1. The van der Waals surface area contributed by atoms with E-state index in [1.54, 1.807) is 0 Å². The quantitative estimate of drug-likeness (QED) is 0.246. The van der Waals surface area contributed by atoms with Gasteiger partial charge in [0.05, 0.1) is 5.39 Å². The lowest BCUT2D eigenvalue weighted by atomic mass is 10.0. The van der Waals surface area contributed by atoms with E-state index < -0.39 is 0 Å². The van der Waals surface area contributed by atoms with E-state index in [-0.39, 0.29) is 22.8 Å². The highest BCUT2D eigenvalue weighted by Gasteiger charge is 2.18. The number of rotatable bonds is 3. The van der Waals surface area contributed by atoms with Crippen LogP contribution in [0.5, 0.6) is 0 Å². The first-order chi connectivity index (χ1) is 13.3. The van der Waals surface area contributed by atoms with Gasteiger partial charge in [0, 0.05) is 17.7 Å². The molecular weight excluding hydrogens is 410 g/mol. The lowest BCUT2D eigenvalue weighted by Crippen LogP contribution is -3.00. The number of halogens is 1. The first kappa shape index (κ1) is 18.3. The minimum atomic E-state index is 0. The van der Waals surface area contributed by atoms with Crippen molar-refractivity contribution in [3.05, 3.63) is 103 Å². The number of carbonyl (C=O) groups excluding carboxylic acids is 1. The molecule has 1 aromatic heterocycles. The maximum Gasteiger partial charge on any atom is 0.228 e. The fourth-order valence-corrected chi connectivity index (χ4v) is 3.88. The third kappa shape index (κ3) is 3.08. The Morgan fingerprint density at radius 1 is 0.643 bits per heavy atom. The van der Waals surface area contributed by atoms with Gasteiger partial charge >= 0.3 is 0 Å². The van der Waals surface area contributed by atoms with E-state index in [4.69, 9.17) is 0 Å². The van der Waals surface area contributed by atoms with Gasteiger partial charge in [0.1, 0.15) is 0 Å². The highest BCUT2D eigenvalue weighted by atomic mass is 79.9. The lowest BCUT2D eigenvalue weighted by molar-refractivity contribution is -0.657. The van der Waals surface area contributed by atoms with E-state index in [2.05, 4.69) is 42.5 Å². The number of nitrogens with zero attached hydrogens (tertiary/aromatic N) is 1. The molecule has 5 rings (SSSR count). The Morgan fingerprint density at radius 2 is 1.29 bits per heavy atom. The van der Waals surface area contributed by atoms with E-state index in [0.717, 1.165) is 21.9 Å². The number of hydrogen-bond donors (Lipinski definition) is 0. The van der Waals surface area contributed by atoms with E-state index >= 15 is 0 Å². The zero-order valence-electron chi connectivity index (χ0n) is 15.2. The van der Waals surface area contributed by atoms with E-state index in [1.807, 2.05) is 59.3 Å². The van der Waals surface area contributed by atoms with Gasteiger partial charge in [-0.15, -0.1) is 0 Å². The van der Waals surface area contributed by atoms with Gasteiger partial charge in [-0.25, -0.2) is 0 Å². The van der Waals surface area contributed by atoms with Crippen LogP contribution in [-0.2, 0) is 6.54 Å². The molecule has 0 spiro atoms. The van der Waals surface area contributed by atoms with Crippen LogP contribution in [-0.4, -0.2) is 5.78 Å². The number of pyridine rings is 1. The second-order valence-electron chi connectivity index (χ2n) is 6.81. The molecule has 4 aromatic carbocycles. The molecule has 0 amide bonds. The van der Waals surface area contributed by atoms with Crippen molar-refractivity contribution < 1.29 is 26.3 Å². The molecule has 0 fully saturated rings. The third-order valence-corrected chi connectivity index (χ3v) is 5.19. The summed E-state index contributed by atoms with van der Waals surface area (Å²) >= 11 is 0. The van der Waals surface area contributed by atoms with Crippen molar-refractivity contribution in [1.29, 1.82) is 0 Å². The molecule has 28 heavy (non-hydrogen) atoms. The molecule has 0 N–H and O–H groups in total. The van der Waals surface area contributed by atoms with Crippen molar-refractivity contribution in [3.8, 4) is 0 Å². The summed E-state index contributed by atoms with van der Waals surface area (Å²) in [5, 5.41) is 5.69. The summed E-state index contributed by atoms with van der Waals surface area (Å²) in [4.78, 5) is 13.1. The van der Waals surface area contributed by atoms with Crippen molar-refractivity contribution in [2.75, 3.05) is 0 Å². The molecule has 0 saturated heterocycles. The van der Waals surface area contributed by atoms with E-state index in [1.165, 1.54) is 16.2 Å². The molecule has 1 heterocycles. The number of Topliss-reactive ketones (excluding diaryl/α,β-unsaturated/α-hetero) is 1. The maximum absolute atomic E-state index is 13.1. The van der Waals surface area contributed by atoms with Gasteiger partial charge in [-0.2, -0.15) is 4.57 Å². The highest BCUT2D eigenvalue weighted by molar-refractivity contribution is 6.08. The Labute approximate surface area is 173 Å². The van der Waals surface area contributed by atoms with Crippen LogP contribution in [0, 0.1) is 0 Å². The lowest BCUT2D eigenvalue weighted by Gasteiger charge is -2.06. The van der Waals surface area contributed by atoms with Crippen LogP contribution in [0.2, 0.25) is 0 Å². The summed E-state index contributed by atoms with van der Waals surface area (Å²) in [5.74, 6) is 0.123. The van der Waals surface area contributed by atoms with Gasteiger partial charge in [0.15, 0.2) is 6.20 Å². The SMILES string of the molecule is O=C(C[n+]1cccc2c3ccccc3ccc21)c1cccc2ccccc12.[Br-]. The second-order valence-corrected chi connectivity index (χ2v) is 6.81. The summed E-state index contributed by atoms with van der Waals surface area (Å²) in [6.07, 6.45) is 1.99. The smallest absolute Gasteiger partial charge is 0.228 e. The molecule has 0 saturated carbocycles. The first-order valence-corrected chi connectivity index (χ1v) is 9.12. The van der Waals surface area contributed by atoms with Gasteiger partial charge in [-0.1, -0.05) is 66.7 Å². The van der Waals surface area contributed by atoms with E-state index in [9.17, 15) is 4.79 Å². The predicted molar refractivity (Wildman–Crippen MR) is 110 cm³/mol. The Bertz CT molecular complexity index is 1320. The normalized spacial score (nSPS) is 10.9. The Kier molecular flexibility index (Phi) is 4.93. The molecule has 5 aromatic rings. The van der Waals surface area contributed by atoms with Crippen molar-refractivity contribution in [2.45, 2.75) is 6.54 Å². The Morgan fingerprint density at radius 3 is 2.11 bits per heavy atom. The first-order valence-electron chi connectivity index (χ1n) is 9.12. The van der Waals surface area contributed by atoms with Crippen LogP contribution in [0.4, 0.5) is 0 Å². The molecule has 136 valence electrons. The standard InChI is InChI=1S/C25H18NO.BrH/c27-25(23-12-5-9-18-7-1-4-11-21(18)23)17-26-16-6-13-22-20-10-3-2-8-19(20)14-15-24(22)26;/h1-16H,17H2;1H/q+1;/p-1. The molecular formula is C25H18BrNO. The largest absolute Gasteiger partial charge is 1.00 e. The second kappa shape index (κ2) is 7.53. The topological polar surface area (TPSA) is 20.9 Å². The molecule has 0 atom stereocenters. The number of aromatic nitrogens is 1. The summed E-state index contributed by atoms with van der Waals surface area (Å²) in [7, 11) is 0. The molecule has 3 heteroatoms. The summed E-state index contributed by atoms with van der Waals surface area (Å²) in [6, 6.07) is 30.7. The number of carbonyl (C=O) groups is 1. The van der Waals surface area contributed by atoms with Gasteiger partial charge in [-0.05, 0) is 33.7 Å². The van der Waals surface area contributed by atoms with E-state index in [0.29, 0.717) is 6.54 Å². The number of fused-ring (bicyclic) bond motifs is 4. The van der Waals surface area contributed by atoms with Crippen molar-refractivity contribution in [2.24, 2.45) is 0 Å². The fourth-order valence-electron chi connectivity index (χ4n) is 3.88. The average Bonchev–Trinajstić information content (AvgIpc) is 2.73. The van der Waals surface area contributed by atoms with Gasteiger partial charge in [-0.3, -0.25) is 4.79 Å². The third-order valence-electron chi connectivity index (χ3n) is 5.19. The Balaban J connectivity index is 0.00000192. The Hall–Kier alpha value is -3.04. The summed E-state index contributed by atoms with van der Waals surface area (Å²) in [5.41, 5.74) is 1.85. The maximum atomic E-state index is 13.1. The van der Waals surface area contributed by atoms with Crippen molar-refractivity contribution >= 4 is 38.2 Å². The van der Waals surface area contributed by atoms with Crippen molar-refractivity contribution in [3.63, 3.8) is 0 Å². The number of hydrogen-bond acceptors (Lipinski definition) is 1. The average molecular weight is 428 g/mol. The van der Waals surface area contributed by atoms with Crippen LogP contribution in [0.1, 0.15) is 10.4 Å². The highest BCUT2D eigenvalue weighted by Crippen LogP contribution is 2.23. The van der Waals surface area contributed by atoms with Crippen molar-refractivity contribution in [1.82, 2.24) is 0 Å². The summed E-state index contributed by atoms with van der Waals surface area (Å²) in [6.45, 7) is 0.323. The molecule has 0 unspecified atom stereocenters. The van der Waals surface area contributed by atoms with Crippen LogP contribution in [0.25, 0.3) is 32.4 Å². The number of benzene rings is 4. The molecule has 0 aliphatic rings. The zero-order valence-corrected chi connectivity index (χ0v) is 16.8. The van der Waals surface area contributed by atoms with Crippen LogP contribution in [0.15, 0.2) is 97.2 Å². The molecule has 2 nitrogen and oxygen atoms in total. The van der Waals surface area contributed by atoms with Gasteiger partial charge in [0.2, 0.25) is 17.8 Å². The monoisotopic (exact) mass is 427 g/mol. The predicted octanol–water partition coefficient (Wildman–Crippen LogP) is 2.32. The molecule has 0 aliphatic heterocycles. The molecule has 0 radical (unpaired) electrons. The minimum absolute atomic E-state index is 0. The summed E-state index contributed by atoms with van der Waals surface area (Å²) < 4.78 is 2.05.